The van der Waals surface area contributed by atoms with E-state index < -0.39 is 5.60 Å². The molecule has 25 heavy (non-hydrogen) atoms. The number of likely N-dealkylation sites (tertiary alicyclic amines) is 1. The van der Waals surface area contributed by atoms with Crippen LogP contribution < -0.4 is 5.32 Å². The predicted octanol–water partition coefficient (Wildman–Crippen LogP) is 1.84. The zero-order chi connectivity index (χ0) is 17.7. The van der Waals surface area contributed by atoms with E-state index in [0.29, 0.717) is 11.3 Å². The summed E-state index contributed by atoms with van der Waals surface area (Å²) in [5, 5.41) is 22.5. The van der Waals surface area contributed by atoms with Crippen LogP contribution in [-0.4, -0.2) is 52.2 Å². The summed E-state index contributed by atoms with van der Waals surface area (Å²) in [6, 6.07) is 5.33. The monoisotopic (exact) mass is 342 g/mol. The highest BCUT2D eigenvalue weighted by atomic mass is 16.3. The highest BCUT2D eigenvalue weighted by Gasteiger charge is 2.32. The van der Waals surface area contributed by atoms with Crippen molar-refractivity contribution in [3.8, 4) is 6.07 Å². The van der Waals surface area contributed by atoms with E-state index in [-0.39, 0.29) is 11.9 Å². The van der Waals surface area contributed by atoms with Crippen LogP contribution in [0.3, 0.4) is 0 Å². The second-order valence-corrected chi connectivity index (χ2v) is 7.35. The topological polar surface area (TPSA) is 89.2 Å². The quantitative estimate of drug-likeness (QED) is 0.871. The maximum absolute atomic E-state index is 12.3. The molecule has 0 spiro atoms. The van der Waals surface area contributed by atoms with Crippen LogP contribution in [0.5, 0.6) is 0 Å². The van der Waals surface area contributed by atoms with Crippen molar-refractivity contribution in [2.24, 2.45) is 0 Å². The molecule has 0 radical (unpaired) electrons. The Bertz CT molecular complexity index is 624. The lowest BCUT2D eigenvalue weighted by atomic mass is 9.84. The van der Waals surface area contributed by atoms with Crippen molar-refractivity contribution in [3.05, 3.63) is 29.6 Å². The van der Waals surface area contributed by atoms with Gasteiger partial charge in [-0.25, -0.2) is 4.98 Å². The van der Waals surface area contributed by atoms with Crippen LogP contribution in [0, 0.1) is 11.3 Å². The predicted molar refractivity (Wildman–Crippen MR) is 93.9 cm³/mol. The largest absolute Gasteiger partial charge is 0.389 e. The van der Waals surface area contributed by atoms with E-state index in [4.69, 9.17) is 5.26 Å². The average Bonchev–Trinajstić information content (AvgIpc) is 2.64. The molecule has 2 N–H and O–H groups in total. The number of nitrogens with one attached hydrogen (secondary N) is 1. The first kappa shape index (κ1) is 17.8. The summed E-state index contributed by atoms with van der Waals surface area (Å²) in [6.45, 7) is 2.55. The van der Waals surface area contributed by atoms with Gasteiger partial charge < -0.3 is 15.3 Å². The molecule has 6 nitrogen and oxygen atoms in total. The molecule has 1 aliphatic heterocycles. The summed E-state index contributed by atoms with van der Waals surface area (Å²) >= 11 is 0. The number of pyridine rings is 1. The van der Waals surface area contributed by atoms with Gasteiger partial charge in [0.05, 0.1) is 11.2 Å². The highest BCUT2D eigenvalue weighted by Crippen LogP contribution is 2.29. The van der Waals surface area contributed by atoms with Gasteiger partial charge >= 0.3 is 0 Å². The smallest absolute Gasteiger partial charge is 0.270 e. The Balaban J connectivity index is 1.45. The fourth-order valence-electron chi connectivity index (χ4n) is 3.87. The Morgan fingerprint density at radius 2 is 2.04 bits per heavy atom. The lowest BCUT2D eigenvalue weighted by molar-refractivity contribution is -0.0312. The van der Waals surface area contributed by atoms with E-state index >= 15 is 0 Å². The van der Waals surface area contributed by atoms with E-state index in [1.807, 2.05) is 6.07 Å². The minimum atomic E-state index is -0.513. The standard InChI is InChI=1S/C19H26N4O2/c20-12-15-4-5-17(21-13-15)18(24)22-16-6-10-23(11-7-16)14-19(25)8-2-1-3-9-19/h4-5,13,16,25H,1-3,6-11,14H2,(H,22,24). The number of hydrogen-bond donors (Lipinski definition) is 2. The second kappa shape index (κ2) is 7.94. The molecular weight excluding hydrogens is 316 g/mol. The zero-order valence-electron chi connectivity index (χ0n) is 14.6. The van der Waals surface area contributed by atoms with Crippen LogP contribution in [0.2, 0.25) is 0 Å². The summed E-state index contributed by atoms with van der Waals surface area (Å²) in [5.74, 6) is -0.186. The number of amides is 1. The summed E-state index contributed by atoms with van der Waals surface area (Å²) in [6.07, 6.45) is 8.50. The van der Waals surface area contributed by atoms with Crippen LogP contribution >= 0.6 is 0 Å². The third-order valence-electron chi connectivity index (χ3n) is 5.35. The van der Waals surface area contributed by atoms with Gasteiger partial charge in [-0.2, -0.15) is 5.26 Å². The second-order valence-electron chi connectivity index (χ2n) is 7.35. The lowest BCUT2D eigenvalue weighted by Gasteiger charge is -2.40. The summed E-state index contributed by atoms with van der Waals surface area (Å²) in [7, 11) is 0. The first-order chi connectivity index (χ1) is 12.1. The molecule has 1 aromatic heterocycles. The van der Waals surface area contributed by atoms with Gasteiger partial charge in [0, 0.05) is 31.9 Å². The SMILES string of the molecule is N#Cc1ccc(C(=O)NC2CCN(CC3(O)CCCCC3)CC2)nc1. The van der Waals surface area contributed by atoms with Crippen LogP contribution in [0.1, 0.15) is 61.0 Å². The van der Waals surface area contributed by atoms with Crippen molar-refractivity contribution < 1.29 is 9.90 Å². The van der Waals surface area contributed by atoms with Crippen LogP contribution in [0.4, 0.5) is 0 Å². The van der Waals surface area contributed by atoms with Gasteiger partial charge in [-0.05, 0) is 37.8 Å². The molecule has 2 aliphatic rings. The van der Waals surface area contributed by atoms with Crippen LogP contribution in [-0.2, 0) is 0 Å². The summed E-state index contributed by atoms with van der Waals surface area (Å²) in [4.78, 5) is 18.6. The fourth-order valence-corrected chi connectivity index (χ4v) is 3.87. The van der Waals surface area contributed by atoms with Crippen molar-refractivity contribution in [3.63, 3.8) is 0 Å². The Morgan fingerprint density at radius 1 is 1.32 bits per heavy atom. The minimum absolute atomic E-state index is 0.141. The fraction of sp³-hybridized carbons (Fsp3) is 0.632. The molecular formula is C19H26N4O2. The number of rotatable bonds is 4. The van der Waals surface area contributed by atoms with Crippen LogP contribution in [0.25, 0.3) is 0 Å². The molecule has 3 rings (SSSR count). The van der Waals surface area contributed by atoms with E-state index in [1.165, 1.54) is 12.6 Å². The van der Waals surface area contributed by atoms with Crippen molar-refractivity contribution in [1.82, 2.24) is 15.2 Å². The van der Waals surface area contributed by atoms with Gasteiger partial charge in [-0.15, -0.1) is 0 Å². The number of nitriles is 1. The molecule has 1 amide bonds. The molecule has 0 atom stereocenters. The number of β-amino-alcohol motifs (C(OH)–C–C–N with tert-alkyl or cyclic N) is 1. The Labute approximate surface area is 148 Å². The molecule has 0 aromatic carbocycles. The molecule has 0 unspecified atom stereocenters. The zero-order valence-corrected chi connectivity index (χ0v) is 14.6. The summed E-state index contributed by atoms with van der Waals surface area (Å²) < 4.78 is 0. The lowest BCUT2D eigenvalue weighted by Crippen LogP contribution is -2.50. The van der Waals surface area contributed by atoms with Gasteiger partial charge in [-0.3, -0.25) is 4.79 Å². The number of hydrogen-bond acceptors (Lipinski definition) is 5. The number of aromatic nitrogens is 1. The van der Waals surface area contributed by atoms with Gasteiger partial charge in [0.15, 0.2) is 0 Å². The van der Waals surface area contributed by atoms with E-state index in [0.717, 1.165) is 58.2 Å². The van der Waals surface area contributed by atoms with Gasteiger partial charge in [0.1, 0.15) is 11.8 Å². The molecule has 6 heteroatoms. The number of nitrogens with zero attached hydrogens (tertiary/aromatic N) is 3. The number of aliphatic hydroxyl groups is 1. The molecule has 2 fully saturated rings. The maximum Gasteiger partial charge on any atom is 0.270 e. The van der Waals surface area contributed by atoms with Crippen molar-refractivity contribution >= 4 is 5.91 Å². The third-order valence-corrected chi connectivity index (χ3v) is 5.35. The average molecular weight is 342 g/mol. The number of piperidine rings is 1. The van der Waals surface area contributed by atoms with E-state index in [1.54, 1.807) is 12.1 Å². The normalized spacial score (nSPS) is 21.4. The van der Waals surface area contributed by atoms with Crippen molar-refractivity contribution in [2.75, 3.05) is 19.6 Å². The molecule has 134 valence electrons. The van der Waals surface area contributed by atoms with E-state index in [2.05, 4.69) is 15.2 Å². The first-order valence-electron chi connectivity index (χ1n) is 9.20. The van der Waals surface area contributed by atoms with Gasteiger partial charge in [0.25, 0.3) is 5.91 Å². The van der Waals surface area contributed by atoms with E-state index in [9.17, 15) is 9.90 Å². The molecule has 2 heterocycles. The third kappa shape index (κ3) is 4.77. The molecule has 1 aliphatic carbocycles. The molecule has 0 bridgehead atoms. The van der Waals surface area contributed by atoms with Crippen LogP contribution in [0.15, 0.2) is 18.3 Å². The molecule has 1 saturated heterocycles. The number of carbonyl (C=O) groups excluding carboxylic acids is 1. The van der Waals surface area contributed by atoms with Crippen molar-refractivity contribution in [2.45, 2.75) is 56.6 Å². The minimum Gasteiger partial charge on any atom is -0.389 e. The van der Waals surface area contributed by atoms with Gasteiger partial charge in [0.2, 0.25) is 0 Å². The maximum atomic E-state index is 12.3. The van der Waals surface area contributed by atoms with Crippen molar-refractivity contribution in [1.29, 1.82) is 5.26 Å². The Morgan fingerprint density at radius 3 is 2.64 bits per heavy atom. The Kier molecular flexibility index (Phi) is 5.67. The summed E-state index contributed by atoms with van der Waals surface area (Å²) in [5.41, 5.74) is 0.282. The highest BCUT2D eigenvalue weighted by molar-refractivity contribution is 5.92. The van der Waals surface area contributed by atoms with Gasteiger partial charge in [-0.1, -0.05) is 19.3 Å². The number of carbonyl (C=O) groups is 1. The molecule has 1 saturated carbocycles. The molecule has 1 aromatic rings. The first-order valence-corrected chi connectivity index (χ1v) is 9.20. The Hall–Kier alpha value is -1.97.